The smallest absolute Gasteiger partial charge is 0.437 e. The van der Waals surface area contributed by atoms with Crippen molar-refractivity contribution >= 4 is 22.7 Å². The predicted octanol–water partition coefficient (Wildman–Crippen LogP) is 3.33. The van der Waals surface area contributed by atoms with Crippen molar-refractivity contribution < 1.29 is 8.83 Å². The molecule has 0 bridgehead atoms. The van der Waals surface area contributed by atoms with Crippen molar-refractivity contribution in [2.45, 2.75) is 6.54 Å². The number of oxazole rings is 1. The fourth-order valence-corrected chi connectivity index (χ4v) is 3.25. The van der Waals surface area contributed by atoms with Crippen molar-refractivity contribution in [3.63, 3.8) is 0 Å². The van der Waals surface area contributed by atoms with E-state index >= 15 is 0 Å². The molecule has 4 aromatic rings. The van der Waals surface area contributed by atoms with Crippen molar-refractivity contribution in [3.05, 3.63) is 57.5 Å². The van der Waals surface area contributed by atoms with Gasteiger partial charge in [0.05, 0.1) is 16.3 Å². The zero-order valence-electron chi connectivity index (χ0n) is 11.1. The Kier molecular flexibility index (Phi) is 3.24. The van der Waals surface area contributed by atoms with Crippen molar-refractivity contribution in [3.8, 4) is 21.5 Å². The van der Waals surface area contributed by atoms with Crippen LogP contribution in [0.4, 0.5) is 0 Å². The lowest BCUT2D eigenvalue weighted by Gasteiger charge is -1.92. The van der Waals surface area contributed by atoms with E-state index in [2.05, 4.69) is 10.1 Å². The maximum absolute atomic E-state index is 11.9. The lowest BCUT2D eigenvalue weighted by Crippen LogP contribution is -2.16. The number of hydrogen-bond donors (Lipinski definition) is 0. The van der Waals surface area contributed by atoms with Gasteiger partial charge in [0.2, 0.25) is 5.89 Å². The highest BCUT2D eigenvalue weighted by molar-refractivity contribution is 7.13. The molecule has 4 heterocycles. The third-order valence-corrected chi connectivity index (χ3v) is 4.65. The Morgan fingerprint density at radius 3 is 2.50 bits per heavy atom. The Bertz CT molecular complexity index is 932. The SMILES string of the molecule is O=c1oc(-c2cccs2)nn1Cc1coc(-c2cccs2)n1. The molecule has 0 saturated heterocycles. The summed E-state index contributed by atoms with van der Waals surface area (Å²) in [5, 5.41) is 8.04. The molecule has 0 unspecified atom stereocenters. The largest absolute Gasteiger partial charge is 0.443 e. The van der Waals surface area contributed by atoms with Crippen LogP contribution in [0.2, 0.25) is 0 Å². The minimum absolute atomic E-state index is 0.211. The highest BCUT2D eigenvalue weighted by Crippen LogP contribution is 2.24. The molecule has 0 atom stereocenters. The molecule has 0 aliphatic heterocycles. The minimum Gasteiger partial charge on any atom is -0.443 e. The van der Waals surface area contributed by atoms with E-state index in [1.165, 1.54) is 22.3 Å². The first-order valence-electron chi connectivity index (χ1n) is 6.40. The van der Waals surface area contributed by atoms with Crippen LogP contribution < -0.4 is 5.76 Å². The highest BCUT2D eigenvalue weighted by Gasteiger charge is 2.14. The van der Waals surface area contributed by atoms with Gasteiger partial charge in [-0.05, 0) is 22.9 Å². The summed E-state index contributed by atoms with van der Waals surface area (Å²) in [6, 6.07) is 7.59. The molecular formula is C14H9N3O3S2. The van der Waals surface area contributed by atoms with Crippen LogP contribution >= 0.6 is 22.7 Å². The van der Waals surface area contributed by atoms with Crippen molar-refractivity contribution in [1.82, 2.24) is 14.8 Å². The van der Waals surface area contributed by atoms with Gasteiger partial charge in [0.25, 0.3) is 5.89 Å². The van der Waals surface area contributed by atoms with Gasteiger partial charge in [-0.1, -0.05) is 12.1 Å². The fraction of sp³-hybridized carbons (Fsp3) is 0.0714. The molecule has 0 aliphatic carbocycles. The van der Waals surface area contributed by atoms with Crippen LogP contribution in [0.15, 0.2) is 54.9 Å². The van der Waals surface area contributed by atoms with Crippen LogP contribution in [0.1, 0.15) is 5.69 Å². The molecule has 4 aromatic heterocycles. The molecule has 4 rings (SSSR count). The number of nitrogens with zero attached hydrogens (tertiary/aromatic N) is 3. The number of rotatable bonds is 4. The monoisotopic (exact) mass is 331 g/mol. The maximum Gasteiger partial charge on any atom is 0.437 e. The minimum atomic E-state index is -0.510. The molecule has 0 N–H and O–H groups in total. The van der Waals surface area contributed by atoms with E-state index in [1.54, 1.807) is 11.3 Å². The molecule has 0 radical (unpaired) electrons. The van der Waals surface area contributed by atoms with Crippen LogP contribution in [0, 0.1) is 0 Å². The third-order valence-electron chi connectivity index (χ3n) is 2.93. The molecule has 0 saturated carbocycles. The van der Waals surface area contributed by atoms with Gasteiger partial charge in [-0.3, -0.25) is 0 Å². The first-order chi connectivity index (χ1) is 10.8. The topological polar surface area (TPSA) is 74.1 Å². The van der Waals surface area contributed by atoms with Crippen LogP contribution in [0.5, 0.6) is 0 Å². The second-order valence-corrected chi connectivity index (χ2v) is 6.32. The molecule has 0 aromatic carbocycles. The molecule has 6 nitrogen and oxygen atoms in total. The lowest BCUT2D eigenvalue weighted by molar-refractivity contribution is 0.493. The van der Waals surface area contributed by atoms with E-state index in [0.717, 1.165) is 9.75 Å². The molecule has 0 amide bonds. The van der Waals surface area contributed by atoms with Crippen LogP contribution in [-0.4, -0.2) is 14.8 Å². The quantitative estimate of drug-likeness (QED) is 0.573. The van der Waals surface area contributed by atoms with Gasteiger partial charge in [0.1, 0.15) is 12.0 Å². The van der Waals surface area contributed by atoms with Gasteiger partial charge in [-0.25, -0.2) is 9.78 Å². The highest BCUT2D eigenvalue weighted by atomic mass is 32.1. The summed E-state index contributed by atoms with van der Waals surface area (Å²) >= 11 is 3.01. The number of hydrogen-bond acceptors (Lipinski definition) is 7. The standard InChI is InChI=1S/C14H9N3O3S2/c18-14-17(16-13(20-14)11-4-2-6-22-11)7-9-8-19-12(15-9)10-3-1-5-21-10/h1-6,8H,7H2. The Balaban J connectivity index is 1.60. The zero-order valence-corrected chi connectivity index (χ0v) is 12.8. The summed E-state index contributed by atoms with van der Waals surface area (Å²) in [6.45, 7) is 0.211. The van der Waals surface area contributed by atoms with Gasteiger partial charge in [0, 0.05) is 0 Å². The average Bonchev–Trinajstić information content (AvgIpc) is 3.28. The fourth-order valence-electron chi connectivity index (χ4n) is 1.95. The Hall–Kier alpha value is -2.45. The van der Waals surface area contributed by atoms with E-state index in [9.17, 15) is 4.79 Å². The molecule has 0 spiro atoms. The van der Waals surface area contributed by atoms with Gasteiger partial charge in [-0.2, -0.15) is 4.68 Å². The van der Waals surface area contributed by atoms with E-state index in [0.29, 0.717) is 17.5 Å². The van der Waals surface area contributed by atoms with Crippen molar-refractivity contribution in [2.24, 2.45) is 0 Å². The summed E-state index contributed by atoms with van der Waals surface area (Å²) in [5.74, 6) is 0.353. The Morgan fingerprint density at radius 1 is 1.09 bits per heavy atom. The van der Waals surface area contributed by atoms with Gasteiger partial charge < -0.3 is 8.83 Å². The van der Waals surface area contributed by atoms with E-state index < -0.39 is 5.76 Å². The molecule has 110 valence electrons. The number of thiophene rings is 2. The average molecular weight is 331 g/mol. The van der Waals surface area contributed by atoms with E-state index in [-0.39, 0.29) is 6.54 Å². The molecular weight excluding hydrogens is 322 g/mol. The summed E-state index contributed by atoms with van der Waals surface area (Å²) < 4.78 is 11.8. The predicted molar refractivity (Wildman–Crippen MR) is 83.0 cm³/mol. The Morgan fingerprint density at radius 2 is 1.82 bits per heavy atom. The normalized spacial score (nSPS) is 11.1. The van der Waals surface area contributed by atoms with Crippen LogP contribution in [0.3, 0.4) is 0 Å². The van der Waals surface area contributed by atoms with Crippen LogP contribution in [0.25, 0.3) is 21.5 Å². The first kappa shape index (κ1) is 13.2. The summed E-state index contributed by atoms with van der Waals surface area (Å²) in [5.41, 5.74) is 0.622. The molecule has 8 heteroatoms. The maximum atomic E-state index is 11.9. The van der Waals surface area contributed by atoms with Crippen LogP contribution in [-0.2, 0) is 6.54 Å². The van der Waals surface area contributed by atoms with Gasteiger partial charge in [-0.15, -0.1) is 27.8 Å². The second kappa shape index (κ2) is 5.39. The van der Waals surface area contributed by atoms with E-state index in [4.69, 9.17) is 8.83 Å². The molecule has 0 aliphatic rings. The zero-order chi connectivity index (χ0) is 14.9. The summed E-state index contributed by atoms with van der Waals surface area (Å²) in [4.78, 5) is 18.0. The number of aromatic nitrogens is 3. The summed E-state index contributed by atoms with van der Waals surface area (Å²) in [6.07, 6.45) is 1.53. The summed E-state index contributed by atoms with van der Waals surface area (Å²) in [7, 11) is 0. The van der Waals surface area contributed by atoms with Crippen molar-refractivity contribution in [2.75, 3.05) is 0 Å². The Labute approximate surface area is 132 Å². The molecule has 0 fully saturated rings. The lowest BCUT2D eigenvalue weighted by atomic mass is 10.4. The van der Waals surface area contributed by atoms with Crippen molar-refractivity contribution in [1.29, 1.82) is 0 Å². The van der Waals surface area contributed by atoms with E-state index in [1.807, 2.05) is 35.0 Å². The van der Waals surface area contributed by atoms with Gasteiger partial charge >= 0.3 is 5.76 Å². The second-order valence-electron chi connectivity index (χ2n) is 4.43. The third kappa shape index (κ3) is 2.42. The first-order valence-corrected chi connectivity index (χ1v) is 8.15. The molecule has 22 heavy (non-hydrogen) atoms. The van der Waals surface area contributed by atoms with Gasteiger partial charge in [0.15, 0.2) is 0 Å².